The second-order valence-corrected chi connectivity index (χ2v) is 3.65. The van der Waals surface area contributed by atoms with Crippen LogP contribution in [0.3, 0.4) is 0 Å². The smallest absolute Gasteiger partial charge is 0.398 e. The lowest BCUT2D eigenvalue weighted by Gasteiger charge is -2.15. The Balaban J connectivity index is 3.26. The minimum Gasteiger partial charge on any atom is -0.398 e. The first kappa shape index (κ1) is 13.1. The van der Waals surface area contributed by atoms with Gasteiger partial charge in [-0.2, -0.15) is 13.2 Å². The third kappa shape index (κ3) is 3.01. The predicted octanol–water partition coefficient (Wildman–Crippen LogP) is 1.79. The van der Waals surface area contributed by atoms with Crippen LogP contribution in [0, 0.1) is 0 Å². The molecule has 0 unspecified atom stereocenters. The van der Waals surface area contributed by atoms with Gasteiger partial charge >= 0.3 is 6.18 Å². The number of hydrogen-bond donors (Lipinski definition) is 3. The minimum absolute atomic E-state index is 0.0465. The Labute approximate surface area is 94.3 Å². The van der Waals surface area contributed by atoms with Gasteiger partial charge in [0, 0.05) is 17.1 Å². The molecular formula is C9H9ClF3NO2. The van der Waals surface area contributed by atoms with E-state index in [1.54, 1.807) is 0 Å². The summed E-state index contributed by atoms with van der Waals surface area (Å²) in [4.78, 5) is 0. The highest BCUT2D eigenvalue weighted by Gasteiger charge is 2.34. The Kier molecular flexibility index (Phi) is 3.67. The highest BCUT2D eigenvalue weighted by atomic mass is 35.5. The number of nitrogen functional groups attached to an aromatic ring is 1. The third-order valence-electron chi connectivity index (χ3n) is 1.94. The summed E-state index contributed by atoms with van der Waals surface area (Å²) in [7, 11) is 0. The van der Waals surface area contributed by atoms with Crippen LogP contribution in [0.25, 0.3) is 0 Å². The second kappa shape index (κ2) is 4.48. The first-order valence-electron chi connectivity index (χ1n) is 4.23. The molecule has 0 saturated carbocycles. The van der Waals surface area contributed by atoms with Crippen molar-refractivity contribution in [2.75, 3.05) is 5.73 Å². The number of anilines is 1. The van der Waals surface area contributed by atoms with Crippen LogP contribution in [0.5, 0.6) is 0 Å². The average molecular weight is 256 g/mol. The van der Waals surface area contributed by atoms with E-state index in [0.717, 1.165) is 0 Å². The van der Waals surface area contributed by atoms with Gasteiger partial charge in [-0.1, -0.05) is 11.6 Å². The molecule has 0 fully saturated rings. The minimum atomic E-state index is -4.62. The summed E-state index contributed by atoms with van der Waals surface area (Å²) in [5.74, 6) is 0. The molecular weight excluding hydrogens is 247 g/mol. The quantitative estimate of drug-likeness (QED) is 0.558. The number of benzene rings is 1. The van der Waals surface area contributed by atoms with Gasteiger partial charge in [0.05, 0.1) is 5.56 Å². The van der Waals surface area contributed by atoms with Crippen LogP contribution in [-0.2, 0) is 12.6 Å². The van der Waals surface area contributed by atoms with Crippen molar-refractivity contribution < 1.29 is 23.4 Å². The van der Waals surface area contributed by atoms with Crippen LogP contribution < -0.4 is 5.73 Å². The first-order valence-corrected chi connectivity index (χ1v) is 4.61. The summed E-state index contributed by atoms with van der Waals surface area (Å²) in [5.41, 5.74) is 3.63. The van der Waals surface area contributed by atoms with Gasteiger partial charge in [0.1, 0.15) is 0 Å². The fourth-order valence-electron chi connectivity index (χ4n) is 1.27. The third-order valence-corrected chi connectivity index (χ3v) is 2.16. The molecule has 16 heavy (non-hydrogen) atoms. The second-order valence-electron chi connectivity index (χ2n) is 3.21. The van der Waals surface area contributed by atoms with Crippen LogP contribution >= 0.6 is 11.6 Å². The Bertz CT molecular complexity index is 393. The van der Waals surface area contributed by atoms with E-state index in [1.807, 2.05) is 0 Å². The molecule has 3 nitrogen and oxygen atoms in total. The fraction of sp³-hybridized carbons (Fsp3) is 0.333. The van der Waals surface area contributed by atoms with Crippen LogP contribution in [-0.4, -0.2) is 16.5 Å². The van der Waals surface area contributed by atoms with Crippen molar-refractivity contribution in [1.29, 1.82) is 0 Å². The predicted molar refractivity (Wildman–Crippen MR) is 52.8 cm³/mol. The van der Waals surface area contributed by atoms with Gasteiger partial charge < -0.3 is 15.9 Å². The van der Waals surface area contributed by atoms with Crippen molar-refractivity contribution in [2.45, 2.75) is 18.9 Å². The normalized spacial score (nSPS) is 12.2. The van der Waals surface area contributed by atoms with E-state index in [0.29, 0.717) is 6.07 Å². The summed E-state index contributed by atoms with van der Waals surface area (Å²) in [6.07, 6.45) is -6.80. The van der Waals surface area contributed by atoms with Crippen molar-refractivity contribution in [3.8, 4) is 0 Å². The number of aliphatic hydroxyl groups is 2. The van der Waals surface area contributed by atoms with Crippen molar-refractivity contribution in [1.82, 2.24) is 0 Å². The number of hydrogen-bond acceptors (Lipinski definition) is 3. The lowest BCUT2D eigenvalue weighted by atomic mass is 10.0. The standard InChI is InChI=1S/C9H9ClF3NO2/c10-5-1-4(2-7(15)16)8(14)6(3-5)9(11,12)13/h1,3,7,15-16H,2,14H2. The molecule has 0 radical (unpaired) electrons. The molecule has 0 atom stereocenters. The first-order chi connectivity index (χ1) is 7.21. The van der Waals surface area contributed by atoms with Gasteiger partial charge in [0.2, 0.25) is 0 Å². The highest BCUT2D eigenvalue weighted by molar-refractivity contribution is 6.30. The zero-order valence-corrected chi connectivity index (χ0v) is 8.68. The lowest BCUT2D eigenvalue weighted by molar-refractivity contribution is -0.137. The zero-order valence-electron chi connectivity index (χ0n) is 7.92. The number of halogens is 4. The van der Waals surface area contributed by atoms with Gasteiger partial charge in [-0.15, -0.1) is 0 Å². The largest absolute Gasteiger partial charge is 0.418 e. The zero-order chi connectivity index (χ0) is 12.5. The maximum absolute atomic E-state index is 12.5. The van der Waals surface area contributed by atoms with E-state index < -0.39 is 30.1 Å². The molecule has 1 rings (SSSR count). The molecule has 1 aromatic rings. The van der Waals surface area contributed by atoms with Crippen LogP contribution in [0.2, 0.25) is 5.02 Å². The van der Waals surface area contributed by atoms with E-state index in [2.05, 4.69) is 0 Å². The van der Waals surface area contributed by atoms with Gasteiger partial charge in [-0.25, -0.2) is 0 Å². The van der Waals surface area contributed by atoms with Gasteiger partial charge in [0.25, 0.3) is 0 Å². The molecule has 0 aliphatic rings. The van der Waals surface area contributed by atoms with E-state index in [4.69, 9.17) is 27.5 Å². The Morgan fingerprint density at radius 2 is 1.88 bits per heavy atom. The summed E-state index contributed by atoms with van der Waals surface area (Å²) in [6.45, 7) is 0. The van der Waals surface area contributed by atoms with Crippen LogP contribution in [0.15, 0.2) is 12.1 Å². The van der Waals surface area contributed by atoms with E-state index in [-0.39, 0.29) is 10.6 Å². The van der Waals surface area contributed by atoms with Gasteiger partial charge in [-0.3, -0.25) is 0 Å². The number of nitrogens with two attached hydrogens (primary N) is 1. The fourth-order valence-corrected chi connectivity index (χ4v) is 1.52. The lowest BCUT2D eigenvalue weighted by Crippen LogP contribution is -2.15. The molecule has 0 amide bonds. The molecule has 0 aliphatic carbocycles. The summed E-state index contributed by atoms with van der Waals surface area (Å²) in [5, 5.41) is 17.2. The Hall–Kier alpha value is -0.980. The molecule has 7 heteroatoms. The van der Waals surface area contributed by atoms with Gasteiger partial charge in [0.15, 0.2) is 6.29 Å². The van der Waals surface area contributed by atoms with Crippen molar-refractivity contribution in [2.24, 2.45) is 0 Å². The monoisotopic (exact) mass is 255 g/mol. The molecule has 0 saturated heterocycles. The SMILES string of the molecule is Nc1c(CC(O)O)cc(Cl)cc1C(F)(F)F. The Morgan fingerprint density at radius 3 is 2.31 bits per heavy atom. The van der Waals surface area contributed by atoms with E-state index in [1.165, 1.54) is 6.07 Å². The van der Waals surface area contributed by atoms with Crippen molar-refractivity contribution in [3.63, 3.8) is 0 Å². The summed E-state index contributed by atoms with van der Waals surface area (Å²) < 4.78 is 37.4. The van der Waals surface area contributed by atoms with E-state index in [9.17, 15) is 13.2 Å². The molecule has 0 heterocycles. The molecule has 0 bridgehead atoms. The molecule has 1 aromatic carbocycles. The van der Waals surface area contributed by atoms with Crippen LogP contribution in [0.4, 0.5) is 18.9 Å². The maximum atomic E-state index is 12.5. The maximum Gasteiger partial charge on any atom is 0.418 e. The van der Waals surface area contributed by atoms with Crippen molar-refractivity contribution in [3.05, 3.63) is 28.3 Å². The molecule has 0 aliphatic heterocycles. The number of aliphatic hydroxyl groups excluding tert-OH is 1. The molecule has 90 valence electrons. The Morgan fingerprint density at radius 1 is 1.31 bits per heavy atom. The molecule has 4 N–H and O–H groups in total. The van der Waals surface area contributed by atoms with Crippen LogP contribution in [0.1, 0.15) is 11.1 Å². The highest BCUT2D eigenvalue weighted by Crippen LogP contribution is 2.37. The topological polar surface area (TPSA) is 66.5 Å². The molecule has 0 spiro atoms. The average Bonchev–Trinajstić information content (AvgIpc) is 2.07. The van der Waals surface area contributed by atoms with Gasteiger partial charge in [-0.05, 0) is 17.7 Å². The number of rotatable bonds is 2. The van der Waals surface area contributed by atoms with Crippen molar-refractivity contribution >= 4 is 17.3 Å². The number of alkyl halides is 3. The summed E-state index contributed by atoms with van der Waals surface area (Å²) >= 11 is 5.49. The van der Waals surface area contributed by atoms with E-state index >= 15 is 0 Å². The molecule has 0 aromatic heterocycles. The summed E-state index contributed by atoms with van der Waals surface area (Å²) in [6, 6.07) is 1.87.